The topological polar surface area (TPSA) is 66.5 Å². The van der Waals surface area contributed by atoms with Crippen LogP contribution in [0.5, 0.6) is 0 Å². The molecule has 1 aliphatic rings. The number of benzene rings is 1. The highest BCUT2D eigenvalue weighted by atomic mass is 19.1. The lowest BCUT2D eigenvalue weighted by Crippen LogP contribution is -2.32. The molecule has 0 radical (unpaired) electrons. The van der Waals surface area contributed by atoms with E-state index < -0.39 is 23.7 Å². The summed E-state index contributed by atoms with van der Waals surface area (Å²) in [4.78, 5) is 34.1. The van der Waals surface area contributed by atoms with Gasteiger partial charge in [0.1, 0.15) is 5.82 Å². The molecule has 1 fully saturated rings. The van der Waals surface area contributed by atoms with Crippen LogP contribution >= 0.6 is 0 Å². The maximum Gasteiger partial charge on any atom is 0.336 e. The Kier molecular flexibility index (Phi) is 2.19. The molecule has 0 aliphatic carbocycles. The smallest absolute Gasteiger partial charge is 0.269 e. The molecule has 1 saturated heterocycles. The molecule has 0 atom stereocenters. The van der Waals surface area contributed by atoms with Crippen molar-refractivity contribution in [2.75, 3.05) is 4.90 Å². The van der Waals surface area contributed by atoms with Crippen molar-refractivity contribution in [1.82, 2.24) is 5.32 Å². The number of nitrogens with zero attached hydrogens (tertiary/aromatic N) is 1. The summed E-state index contributed by atoms with van der Waals surface area (Å²) in [5, 5.41) is 1.80. The van der Waals surface area contributed by atoms with Crippen molar-refractivity contribution < 1.29 is 18.8 Å². The number of nitrogens with one attached hydrogen (secondary N) is 1. The largest absolute Gasteiger partial charge is 0.336 e. The highest BCUT2D eigenvalue weighted by molar-refractivity contribution is 6.53. The van der Waals surface area contributed by atoms with Crippen LogP contribution in [0.1, 0.15) is 5.56 Å². The minimum absolute atomic E-state index is 0.184. The zero-order valence-electron chi connectivity index (χ0n) is 8.28. The number of carbonyl (C=O) groups is 3. The minimum atomic E-state index is -1.07. The Morgan fingerprint density at radius 1 is 1.25 bits per heavy atom. The number of anilines is 1. The van der Waals surface area contributed by atoms with E-state index in [9.17, 15) is 18.8 Å². The number of urea groups is 1. The van der Waals surface area contributed by atoms with Crippen molar-refractivity contribution in [2.24, 2.45) is 0 Å². The minimum Gasteiger partial charge on any atom is -0.269 e. The van der Waals surface area contributed by atoms with Crippen LogP contribution < -0.4 is 10.2 Å². The highest BCUT2D eigenvalue weighted by Crippen LogP contribution is 2.25. The number of aryl methyl sites for hydroxylation is 1. The number of carbonyl (C=O) groups excluding carboxylic acids is 3. The van der Waals surface area contributed by atoms with E-state index in [2.05, 4.69) is 0 Å². The lowest BCUT2D eigenvalue weighted by molar-refractivity contribution is -0.134. The van der Waals surface area contributed by atoms with Crippen LogP contribution in [0.25, 0.3) is 0 Å². The summed E-state index contributed by atoms with van der Waals surface area (Å²) >= 11 is 0. The SMILES string of the molecule is Cc1cccc(F)c1N1C(=O)NC(=O)C1=O. The van der Waals surface area contributed by atoms with Crippen molar-refractivity contribution in [1.29, 1.82) is 0 Å². The number of halogens is 1. The Bertz CT molecular complexity index is 493. The predicted octanol–water partition coefficient (Wildman–Crippen LogP) is 0.717. The first-order valence-corrected chi connectivity index (χ1v) is 4.47. The summed E-state index contributed by atoms with van der Waals surface area (Å²) in [6.07, 6.45) is 0. The second-order valence-corrected chi connectivity index (χ2v) is 3.31. The molecule has 0 spiro atoms. The molecule has 0 saturated carbocycles. The van der Waals surface area contributed by atoms with Gasteiger partial charge in [-0.3, -0.25) is 14.9 Å². The number of amides is 4. The van der Waals surface area contributed by atoms with Gasteiger partial charge in [0.15, 0.2) is 0 Å². The summed E-state index contributed by atoms with van der Waals surface area (Å²) in [6.45, 7) is 1.54. The molecule has 16 heavy (non-hydrogen) atoms. The van der Waals surface area contributed by atoms with Crippen molar-refractivity contribution in [3.63, 3.8) is 0 Å². The van der Waals surface area contributed by atoms with Crippen LogP contribution in [0.4, 0.5) is 14.9 Å². The zero-order chi connectivity index (χ0) is 11.9. The number of imide groups is 2. The monoisotopic (exact) mass is 222 g/mol. The predicted molar refractivity (Wildman–Crippen MR) is 52.2 cm³/mol. The molecule has 6 heteroatoms. The molecule has 0 unspecified atom stereocenters. The molecule has 1 N–H and O–H groups in total. The van der Waals surface area contributed by atoms with Crippen molar-refractivity contribution in [2.45, 2.75) is 6.92 Å². The van der Waals surface area contributed by atoms with Gasteiger partial charge in [0, 0.05) is 0 Å². The lowest BCUT2D eigenvalue weighted by Gasteiger charge is -2.14. The Morgan fingerprint density at radius 2 is 1.94 bits per heavy atom. The molecule has 5 nitrogen and oxygen atoms in total. The fourth-order valence-corrected chi connectivity index (χ4v) is 1.51. The molecule has 1 aromatic carbocycles. The Balaban J connectivity index is 2.57. The number of hydrogen-bond donors (Lipinski definition) is 1. The molecule has 0 bridgehead atoms. The average Bonchev–Trinajstić information content (AvgIpc) is 2.44. The summed E-state index contributed by atoms with van der Waals surface area (Å²) in [7, 11) is 0. The van der Waals surface area contributed by atoms with E-state index in [4.69, 9.17) is 0 Å². The van der Waals surface area contributed by atoms with Crippen LogP contribution in [0, 0.1) is 12.7 Å². The fraction of sp³-hybridized carbons (Fsp3) is 0.100. The van der Waals surface area contributed by atoms with Gasteiger partial charge in [-0.25, -0.2) is 14.1 Å². The molecule has 4 amide bonds. The van der Waals surface area contributed by atoms with Gasteiger partial charge in [0.05, 0.1) is 5.69 Å². The van der Waals surface area contributed by atoms with Crippen molar-refractivity contribution in [3.8, 4) is 0 Å². The van der Waals surface area contributed by atoms with Gasteiger partial charge < -0.3 is 0 Å². The quantitative estimate of drug-likeness (QED) is 0.562. The number of rotatable bonds is 1. The molecule has 1 aliphatic heterocycles. The van der Waals surface area contributed by atoms with Crippen LogP contribution in [0.3, 0.4) is 0 Å². The normalized spacial score (nSPS) is 15.6. The van der Waals surface area contributed by atoms with Crippen LogP contribution in [-0.2, 0) is 9.59 Å². The standard InChI is InChI=1S/C10H7FN2O3/c1-5-3-2-4-6(11)7(5)13-9(15)8(14)12-10(13)16/h2-4H,1H3,(H,12,14,16). The molecule has 0 aromatic heterocycles. The van der Waals surface area contributed by atoms with E-state index in [-0.39, 0.29) is 5.69 Å². The van der Waals surface area contributed by atoms with E-state index in [1.54, 1.807) is 18.3 Å². The maximum atomic E-state index is 13.5. The fourth-order valence-electron chi connectivity index (χ4n) is 1.51. The summed E-state index contributed by atoms with van der Waals surface area (Å²) in [6, 6.07) is 3.19. The van der Waals surface area contributed by atoms with E-state index >= 15 is 0 Å². The molecular weight excluding hydrogens is 215 g/mol. The number of hydrogen-bond acceptors (Lipinski definition) is 3. The zero-order valence-corrected chi connectivity index (χ0v) is 8.28. The average molecular weight is 222 g/mol. The van der Waals surface area contributed by atoms with Gasteiger partial charge in [0.25, 0.3) is 0 Å². The van der Waals surface area contributed by atoms with Gasteiger partial charge in [-0.2, -0.15) is 0 Å². The molecule has 2 rings (SSSR count). The van der Waals surface area contributed by atoms with E-state index in [0.29, 0.717) is 10.5 Å². The molecule has 82 valence electrons. The highest BCUT2D eigenvalue weighted by Gasteiger charge is 2.39. The van der Waals surface area contributed by atoms with Crippen LogP contribution in [0.15, 0.2) is 18.2 Å². The Labute approximate surface area is 89.8 Å². The molecular formula is C10H7FN2O3. The first kappa shape index (κ1) is 10.3. The van der Waals surface area contributed by atoms with Gasteiger partial charge >= 0.3 is 17.8 Å². The van der Waals surface area contributed by atoms with E-state index in [1.807, 2.05) is 0 Å². The van der Waals surface area contributed by atoms with Crippen LogP contribution in [-0.4, -0.2) is 17.8 Å². The molecule has 1 heterocycles. The van der Waals surface area contributed by atoms with Gasteiger partial charge in [-0.1, -0.05) is 12.1 Å². The van der Waals surface area contributed by atoms with Crippen molar-refractivity contribution in [3.05, 3.63) is 29.6 Å². The third kappa shape index (κ3) is 1.35. The van der Waals surface area contributed by atoms with E-state index in [1.165, 1.54) is 6.07 Å². The Morgan fingerprint density at radius 3 is 2.44 bits per heavy atom. The molecule has 1 aromatic rings. The third-order valence-corrected chi connectivity index (χ3v) is 2.23. The van der Waals surface area contributed by atoms with E-state index in [0.717, 1.165) is 6.07 Å². The third-order valence-electron chi connectivity index (χ3n) is 2.23. The second-order valence-electron chi connectivity index (χ2n) is 3.31. The summed E-state index contributed by atoms with van der Waals surface area (Å²) in [5.41, 5.74) is 0.217. The van der Waals surface area contributed by atoms with Gasteiger partial charge in [0.2, 0.25) is 0 Å². The summed E-state index contributed by atoms with van der Waals surface area (Å²) in [5.74, 6) is -2.84. The first-order chi connectivity index (χ1) is 7.52. The number of para-hydroxylation sites is 1. The van der Waals surface area contributed by atoms with Gasteiger partial charge in [-0.05, 0) is 18.6 Å². The Hall–Kier alpha value is -2.24. The summed E-state index contributed by atoms with van der Waals surface area (Å²) < 4.78 is 13.5. The van der Waals surface area contributed by atoms with Gasteiger partial charge in [-0.15, -0.1) is 0 Å². The lowest BCUT2D eigenvalue weighted by atomic mass is 10.2. The van der Waals surface area contributed by atoms with Crippen molar-refractivity contribution >= 4 is 23.5 Å². The first-order valence-electron chi connectivity index (χ1n) is 4.47. The maximum absolute atomic E-state index is 13.5. The second kappa shape index (κ2) is 3.41. The van der Waals surface area contributed by atoms with Crippen LogP contribution in [0.2, 0.25) is 0 Å².